The summed E-state index contributed by atoms with van der Waals surface area (Å²) in [5.41, 5.74) is 6.57. The molecule has 0 spiro atoms. The predicted molar refractivity (Wildman–Crippen MR) is 71.8 cm³/mol. The van der Waals surface area contributed by atoms with Gasteiger partial charge in [0.05, 0.1) is 6.04 Å². The van der Waals surface area contributed by atoms with Crippen molar-refractivity contribution in [3.05, 3.63) is 51.5 Å². The number of hydrogen-bond donors (Lipinski definition) is 2. The summed E-state index contributed by atoms with van der Waals surface area (Å²) in [5, 5.41) is 2.15. The highest BCUT2D eigenvalue weighted by atomic mass is 32.1. The van der Waals surface area contributed by atoms with E-state index in [1.54, 1.807) is 11.3 Å². The van der Waals surface area contributed by atoms with Crippen molar-refractivity contribution in [2.45, 2.75) is 26.3 Å². The normalized spacial score (nSPS) is 12.6. The molecule has 4 heteroatoms. The molecule has 0 saturated heterocycles. The summed E-state index contributed by atoms with van der Waals surface area (Å²) in [6.45, 7) is 4.24. The lowest BCUT2D eigenvalue weighted by Crippen LogP contribution is -2.29. The SMILES string of the molecule is CCc1cnccc1C(NN)c1csc(C)c1. The lowest BCUT2D eigenvalue weighted by atomic mass is 9.97. The molecule has 0 bridgehead atoms. The number of thiophene rings is 1. The van der Waals surface area contributed by atoms with Gasteiger partial charge in [-0.15, -0.1) is 11.3 Å². The molecular weight excluding hydrogens is 230 g/mol. The van der Waals surface area contributed by atoms with Crippen LogP contribution in [0.25, 0.3) is 0 Å². The van der Waals surface area contributed by atoms with Crippen LogP contribution < -0.4 is 11.3 Å². The third-order valence-corrected chi connectivity index (χ3v) is 3.76. The Hall–Kier alpha value is -1.23. The van der Waals surface area contributed by atoms with E-state index in [4.69, 9.17) is 5.84 Å². The number of hydrogen-bond acceptors (Lipinski definition) is 4. The first-order valence-corrected chi connectivity index (χ1v) is 6.58. The quantitative estimate of drug-likeness (QED) is 0.645. The standard InChI is InChI=1S/C13H17N3S/c1-3-10-7-15-5-4-12(10)13(16-14)11-6-9(2)17-8-11/h4-8,13,16H,3,14H2,1-2H3. The van der Waals surface area contributed by atoms with Gasteiger partial charge >= 0.3 is 0 Å². The lowest BCUT2D eigenvalue weighted by molar-refractivity contribution is 0.632. The lowest BCUT2D eigenvalue weighted by Gasteiger charge is -2.18. The minimum atomic E-state index is 0.0536. The second-order valence-electron chi connectivity index (χ2n) is 4.02. The van der Waals surface area contributed by atoms with Crippen LogP contribution in [0.1, 0.15) is 34.5 Å². The summed E-state index contributed by atoms with van der Waals surface area (Å²) < 4.78 is 0. The summed E-state index contributed by atoms with van der Waals surface area (Å²) in [4.78, 5) is 5.46. The minimum Gasteiger partial charge on any atom is -0.271 e. The van der Waals surface area contributed by atoms with Crippen molar-refractivity contribution < 1.29 is 0 Å². The Balaban J connectivity index is 2.41. The summed E-state index contributed by atoms with van der Waals surface area (Å²) in [6, 6.07) is 4.27. The second kappa shape index (κ2) is 5.40. The van der Waals surface area contributed by atoms with Crippen LogP contribution in [0.15, 0.2) is 29.9 Å². The summed E-state index contributed by atoms with van der Waals surface area (Å²) in [6.07, 6.45) is 4.70. The van der Waals surface area contributed by atoms with Crippen LogP contribution in [0.3, 0.4) is 0 Å². The number of nitrogens with zero attached hydrogens (tertiary/aromatic N) is 1. The highest BCUT2D eigenvalue weighted by Crippen LogP contribution is 2.27. The second-order valence-corrected chi connectivity index (χ2v) is 5.13. The van der Waals surface area contributed by atoms with Gasteiger partial charge in [0.25, 0.3) is 0 Å². The van der Waals surface area contributed by atoms with Crippen LogP contribution in [-0.4, -0.2) is 4.98 Å². The maximum Gasteiger partial charge on any atom is 0.0721 e. The van der Waals surface area contributed by atoms with E-state index in [1.807, 2.05) is 18.5 Å². The van der Waals surface area contributed by atoms with Crippen molar-refractivity contribution in [1.29, 1.82) is 0 Å². The Morgan fingerprint density at radius 1 is 1.53 bits per heavy atom. The first kappa shape index (κ1) is 12.2. The fraction of sp³-hybridized carbons (Fsp3) is 0.308. The van der Waals surface area contributed by atoms with Gasteiger partial charge < -0.3 is 0 Å². The average Bonchev–Trinajstić information content (AvgIpc) is 2.77. The number of aromatic nitrogens is 1. The number of rotatable bonds is 4. The minimum absolute atomic E-state index is 0.0536. The van der Waals surface area contributed by atoms with Gasteiger partial charge in [0, 0.05) is 17.3 Å². The molecule has 3 N–H and O–H groups in total. The zero-order valence-corrected chi connectivity index (χ0v) is 10.9. The summed E-state index contributed by atoms with van der Waals surface area (Å²) in [5.74, 6) is 5.70. The van der Waals surface area contributed by atoms with E-state index in [0.29, 0.717) is 0 Å². The first-order chi connectivity index (χ1) is 8.26. The van der Waals surface area contributed by atoms with Crippen molar-refractivity contribution in [3.8, 4) is 0 Å². The van der Waals surface area contributed by atoms with Crippen LogP contribution >= 0.6 is 11.3 Å². The van der Waals surface area contributed by atoms with E-state index >= 15 is 0 Å². The molecular formula is C13H17N3S. The molecule has 2 rings (SSSR count). The maximum atomic E-state index is 5.70. The van der Waals surface area contributed by atoms with Gasteiger partial charge in [0.15, 0.2) is 0 Å². The van der Waals surface area contributed by atoms with E-state index in [2.05, 4.69) is 35.7 Å². The Kier molecular flexibility index (Phi) is 3.89. The van der Waals surface area contributed by atoms with Gasteiger partial charge in [-0.3, -0.25) is 10.8 Å². The van der Waals surface area contributed by atoms with Crippen molar-refractivity contribution in [1.82, 2.24) is 10.4 Å². The van der Waals surface area contributed by atoms with Crippen LogP contribution in [-0.2, 0) is 6.42 Å². The molecule has 0 aliphatic rings. The number of nitrogens with two attached hydrogens (primary N) is 1. The van der Waals surface area contributed by atoms with Crippen LogP contribution in [0.5, 0.6) is 0 Å². The highest BCUT2D eigenvalue weighted by molar-refractivity contribution is 7.10. The molecule has 0 saturated carbocycles. The number of pyridine rings is 1. The van der Waals surface area contributed by atoms with Gasteiger partial charge in [-0.05, 0) is 47.5 Å². The Morgan fingerprint density at radius 2 is 2.35 bits per heavy atom. The molecule has 0 radical (unpaired) electrons. The van der Waals surface area contributed by atoms with Crippen molar-refractivity contribution in [2.75, 3.05) is 0 Å². The summed E-state index contributed by atoms with van der Waals surface area (Å²) in [7, 11) is 0. The highest BCUT2D eigenvalue weighted by Gasteiger charge is 2.16. The molecule has 0 amide bonds. The maximum absolute atomic E-state index is 5.70. The monoisotopic (exact) mass is 247 g/mol. The third kappa shape index (κ3) is 2.54. The predicted octanol–water partition coefficient (Wildman–Crippen LogP) is 2.57. The molecule has 0 aromatic carbocycles. The number of nitrogens with one attached hydrogen (secondary N) is 1. The topological polar surface area (TPSA) is 50.9 Å². The van der Waals surface area contributed by atoms with E-state index in [1.165, 1.54) is 21.6 Å². The molecule has 0 aliphatic carbocycles. The van der Waals surface area contributed by atoms with Gasteiger partial charge in [-0.2, -0.15) is 0 Å². The summed E-state index contributed by atoms with van der Waals surface area (Å²) >= 11 is 1.75. The van der Waals surface area contributed by atoms with Gasteiger partial charge in [0.1, 0.15) is 0 Å². The van der Waals surface area contributed by atoms with Crippen LogP contribution in [0.2, 0.25) is 0 Å². The molecule has 0 fully saturated rings. The molecule has 90 valence electrons. The molecule has 2 aromatic rings. The fourth-order valence-corrected chi connectivity index (χ4v) is 2.73. The molecule has 2 aromatic heterocycles. The van der Waals surface area contributed by atoms with E-state index < -0.39 is 0 Å². The third-order valence-electron chi connectivity index (χ3n) is 2.88. The van der Waals surface area contributed by atoms with Gasteiger partial charge in [-0.25, -0.2) is 5.43 Å². The molecule has 2 heterocycles. The first-order valence-electron chi connectivity index (χ1n) is 5.70. The van der Waals surface area contributed by atoms with Crippen LogP contribution in [0, 0.1) is 6.92 Å². The van der Waals surface area contributed by atoms with Crippen molar-refractivity contribution in [3.63, 3.8) is 0 Å². The van der Waals surface area contributed by atoms with E-state index in [-0.39, 0.29) is 6.04 Å². The number of hydrazine groups is 1. The van der Waals surface area contributed by atoms with E-state index in [0.717, 1.165) is 6.42 Å². The van der Waals surface area contributed by atoms with Crippen molar-refractivity contribution >= 4 is 11.3 Å². The molecule has 1 atom stereocenters. The molecule has 1 unspecified atom stereocenters. The van der Waals surface area contributed by atoms with Crippen molar-refractivity contribution in [2.24, 2.45) is 5.84 Å². The molecule has 3 nitrogen and oxygen atoms in total. The number of aryl methyl sites for hydroxylation is 2. The fourth-order valence-electron chi connectivity index (χ4n) is 2.00. The van der Waals surface area contributed by atoms with Gasteiger partial charge in [0.2, 0.25) is 0 Å². The Labute approximate surface area is 106 Å². The zero-order valence-electron chi connectivity index (χ0n) is 10.1. The van der Waals surface area contributed by atoms with Gasteiger partial charge in [-0.1, -0.05) is 6.92 Å². The average molecular weight is 247 g/mol. The Morgan fingerprint density at radius 3 is 2.94 bits per heavy atom. The van der Waals surface area contributed by atoms with Crippen LogP contribution in [0.4, 0.5) is 0 Å². The largest absolute Gasteiger partial charge is 0.271 e. The molecule has 0 aliphatic heterocycles. The zero-order chi connectivity index (χ0) is 12.3. The Bertz CT molecular complexity index is 493. The van der Waals surface area contributed by atoms with E-state index in [9.17, 15) is 0 Å². The smallest absolute Gasteiger partial charge is 0.0721 e. The molecule has 17 heavy (non-hydrogen) atoms.